The van der Waals surface area contributed by atoms with Crippen molar-refractivity contribution < 1.29 is 9.53 Å². The molecular weight excluding hydrogens is 428 g/mol. The molecule has 0 radical (unpaired) electrons. The van der Waals surface area contributed by atoms with Crippen LogP contribution in [0.2, 0.25) is 0 Å². The molecule has 1 aliphatic carbocycles. The normalized spacial score (nSPS) is 23.9. The molecule has 2 aromatic carbocycles. The standard InChI is InChI=1S/C26H30N6O2/c1-26(22-23(27)29-16-30-32(22)24(31-26)18-7-3-4-8-18)19-13-11-17(12-14-19)15-28-25(33)20-9-5-6-10-21(20)34-2/h5-6,9-14,16,18,22H,3-4,7-8,15H2,1-2H3,(H,28,33)(H2,27,29,30). The van der Waals surface area contributed by atoms with Gasteiger partial charge in [0.05, 0.1) is 12.7 Å². The zero-order valence-corrected chi connectivity index (χ0v) is 19.6. The quantitative estimate of drug-likeness (QED) is 0.692. The van der Waals surface area contributed by atoms with Crippen LogP contribution in [0.3, 0.4) is 0 Å². The van der Waals surface area contributed by atoms with Gasteiger partial charge in [0.25, 0.3) is 5.91 Å². The van der Waals surface area contributed by atoms with Crippen molar-refractivity contribution in [3.05, 3.63) is 65.2 Å². The molecular formula is C26H30N6O2. The summed E-state index contributed by atoms with van der Waals surface area (Å²) in [5.41, 5.74) is 8.35. The van der Waals surface area contributed by atoms with Crippen LogP contribution < -0.4 is 15.8 Å². The van der Waals surface area contributed by atoms with Gasteiger partial charge in [-0.3, -0.25) is 9.79 Å². The third-order valence-electron chi connectivity index (χ3n) is 7.08. The SMILES string of the molecule is COc1ccccc1C(=O)NCc1ccc(C2(C)N=C(C3CCCC3)N3N=CN=C(N)C32)cc1. The van der Waals surface area contributed by atoms with E-state index in [1.165, 1.54) is 19.2 Å². The molecule has 1 saturated carbocycles. The van der Waals surface area contributed by atoms with E-state index in [2.05, 4.69) is 34.5 Å². The van der Waals surface area contributed by atoms with Crippen LogP contribution in [0.5, 0.6) is 5.75 Å². The lowest BCUT2D eigenvalue weighted by Crippen LogP contribution is -2.52. The first-order chi connectivity index (χ1) is 16.5. The molecule has 2 heterocycles. The maximum absolute atomic E-state index is 12.6. The van der Waals surface area contributed by atoms with Crippen molar-refractivity contribution in [2.45, 2.75) is 50.7 Å². The van der Waals surface area contributed by atoms with Crippen LogP contribution >= 0.6 is 0 Å². The fraction of sp³-hybridized carbons (Fsp3) is 0.385. The topological polar surface area (TPSA) is 105 Å². The molecule has 2 atom stereocenters. The molecule has 8 nitrogen and oxygen atoms in total. The number of nitrogens with one attached hydrogen (secondary N) is 1. The van der Waals surface area contributed by atoms with Crippen molar-refractivity contribution >= 4 is 23.9 Å². The molecule has 2 unspecified atom stereocenters. The molecule has 0 aromatic heterocycles. The lowest BCUT2D eigenvalue weighted by atomic mass is 9.84. The summed E-state index contributed by atoms with van der Waals surface area (Å²) in [5.74, 6) is 2.35. The van der Waals surface area contributed by atoms with Gasteiger partial charge in [0.2, 0.25) is 0 Å². The molecule has 8 heteroatoms. The summed E-state index contributed by atoms with van der Waals surface area (Å²) in [6.45, 7) is 2.52. The second-order valence-corrected chi connectivity index (χ2v) is 9.21. The van der Waals surface area contributed by atoms with E-state index < -0.39 is 5.54 Å². The Morgan fingerprint density at radius 3 is 2.65 bits per heavy atom. The molecule has 2 aliphatic heterocycles. The van der Waals surface area contributed by atoms with Gasteiger partial charge in [-0.15, -0.1) is 0 Å². The maximum atomic E-state index is 12.6. The molecule has 2 aromatic rings. The van der Waals surface area contributed by atoms with Crippen LogP contribution in [0.1, 0.15) is 54.1 Å². The van der Waals surface area contributed by atoms with Crippen molar-refractivity contribution in [2.75, 3.05) is 7.11 Å². The maximum Gasteiger partial charge on any atom is 0.255 e. The molecule has 176 valence electrons. The molecule has 5 rings (SSSR count). The first kappa shape index (κ1) is 22.1. The van der Waals surface area contributed by atoms with Gasteiger partial charge >= 0.3 is 0 Å². The first-order valence-corrected chi connectivity index (χ1v) is 11.8. The van der Waals surface area contributed by atoms with Gasteiger partial charge in [0, 0.05) is 12.5 Å². The van der Waals surface area contributed by atoms with Gasteiger partial charge < -0.3 is 15.8 Å². The highest BCUT2D eigenvalue weighted by Crippen LogP contribution is 2.43. The van der Waals surface area contributed by atoms with E-state index in [1.54, 1.807) is 19.2 Å². The van der Waals surface area contributed by atoms with E-state index in [1.807, 2.05) is 29.3 Å². The smallest absolute Gasteiger partial charge is 0.255 e. The number of hydrogen-bond donors (Lipinski definition) is 2. The van der Waals surface area contributed by atoms with E-state index in [-0.39, 0.29) is 11.9 Å². The first-order valence-electron chi connectivity index (χ1n) is 11.8. The summed E-state index contributed by atoms with van der Waals surface area (Å²) < 4.78 is 5.29. The van der Waals surface area contributed by atoms with Gasteiger partial charge in [-0.2, -0.15) is 5.10 Å². The number of carbonyl (C=O) groups is 1. The van der Waals surface area contributed by atoms with Gasteiger partial charge in [-0.05, 0) is 43.0 Å². The number of methoxy groups -OCH3 is 1. The molecule has 3 aliphatic rings. The van der Waals surface area contributed by atoms with Crippen molar-refractivity contribution in [3.63, 3.8) is 0 Å². The molecule has 1 amide bonds. The minimum Gasteiger partial charge on any atom is -0.496 e. The summed E-state index contributed by atoms with van der Waals surface area (Å²) in [4.78, 5) is 22.1. The Labute approximate surface area is 199 Å². The van der Waals surface area contributed by atoms with E-state index in [9.17, 15) is 4.79 Å². The average molecular weight is 459 g/mol. The summed E-state index contributed by atoms with van der Waals surface area (Å²) in [6, 6.07) is 15.1. The second kappa shape index (κ2) is 8.93. The third kappa shape index (κ3) is 3.83. The summed E-state index contributed by atoms with van der Waals surface area (Å²) >= 11 is 0. The fourth-order valence-electron chi connectivity index (χ4n) is 5.23. The monoisotopic (exact) mass is 458 g/mol. The molecule has 0 saturated heterocycles. The number of carbonyl (C=O) groups excluding carboxylic acids is 1. The highest BCUT2D eigenvalue weighted by atomic mass is 16.5. The highest BCUT2D eigenvalue weighted by Gasteiger charge is 2.51. The number of ether oxygens (including phenoxy) is 1. The fourth-order valence-corrected chi connectivity index (χ4v) is 5.23. The van der Waals surface area contributed by atoms with E-state index >= 15 is 0 Å². The zero-order valence-electron chi connectivity index (χ0n) is 19.6. The average Bonchev–Trinajstić information content (AvgIpc) is 3.50. The van der Waals surface area contributed by atoms with Crippen LogP contribution in [-0.2, 0) is 12.1 Å². The largest absolute Gasteiger partial charge is 0.496 e. The number of hydrazone groups is 1. The Morgan fingerprint density at radius 1 is 1.18 bits per heavy atom. The molecule has 3 N–H and O–H groups in total. The van der Waals surface area contributed by atoms with Gasteiger partial charge in [0.15, 0.2) is 0 Å². The van der Waals surface area contributed by atoms with Crippen LogP contribution in [0, 0.1) is 5.92 Å². The van der Waals surface area contributed by atoms with Crippen molar-refractivity contribution in [1.29, 1.82) is 0 Å². The number of amidine groups is 2. The van der Waals surface area contributed by atoms with Crippen LogP contribution in [0.15, 0.2) is 63.6 Å². The van der Waals surface area contributed by atoms with Crippen LogP contribution in [0.4, 0.5) is 0 Å². The number of para-hydroxylation sites is 1. The minimum atomic E-state index is -0.581. The number of benzene rings is 2. The lowest BCUT2D eigenvalue weighted by molar-refractivity contribution is 0.0948. The Balaban J connectivity index is 1.35. The minimum absolute atomic E-state index is 0.171. The zero-order chi connectivity index (χ0) is 23.7. The Hall–Kier alpha value is -3.68. The van der Waals surface area contributed by atoms with Crippen molar-refractivity contribution in [1.82, 2.24) is 10.3 Å². The number of fused-ring (bicyclic) bond motifs is 1. The van der Waals surface area contributed by atoms with Gasteiger partial charge in [0.1, 0.15) is 35.3 Å². The molecule has 0 bridgehead atoms. The second-order valence-electron chi connectivity index (χ2n) is 9.21. The van der Waals surface area contributed by atoms with E-state index in [0.717, 1.165) is 29.8 Å². The summed E-state index contributed by atoms with van der Waals surface area (Å²) in [5, 5.41) is 9.51. The molecule has 34 heavy (non-hydrogen) atoms. The highest BCUT2D eigenvalue weighted by molar-refractivity contribution is 6.01. The number of nitrogens with zero attached hydrogens (tertiary/aromatic N) is 4. The third-order valence-corrected chi connectivity index (χ3v) is 7.08. The number of aliphatic imine (C=N–C) groups is 2. The molecule has 1 fully saturated rings. The number of rotatable bonds is 6. The van der Waals surface area contributed by atoms with Crippen molar-refractivity contribution in [3.8, 4) is 5.75 Å². The van der Waals surface area contributed by atoms with Crippen molar-refractivity contribution in [2.24, 2.45) is 26.7 Å². The lowest BCUT2D eigenvalue weighted by Gasteiger charge is -2.34. The Kier molecular flexibility index (Phi) is 5.81. The summed E-state index contributed by atoms with van der Waals surface area (Å²) in [7, 11) is 1.56. The molecule has 0 spiro atoms. The van der Waals surface area contributed by atoms with Gasteiger partial charge in [-0.25, -0.2) is 10.0 Å². The van der Waals surface area contributed by atoms with E-state index in [4.69, 9.17) is 15.5 Å². The number of hydrogen-bond acceptors (Lipinski definition) is 7. The van der Waals surface area contributed by atoms with E-state index in [0.29, 0.717) is 29.6 Å². The Morgan fingerprint density at radius 2 is 1.91 bits per heavy atom. The predicted molar refractivity (Wildman–Crippen MR) is 133 cm³/mol. The predicted octanol–water partition coefficient (Wildman–Crippen LogP) is 3.43. The van der Waals surface area contributed by atoms with Gasteiger partial charge in [-0.1, -0.05) is 49.2 Å². The number of amides is 1. The van der Waals surface area contributed by atoms with Crippen LogP contribution in [-0.4, -0.2) is 42.1 Å². The number of nitrogens with two attached hydrogens (primary N) is 1. The Bertz CT molecular complexity index is 1170. The summed E-state index contributed by atoms with van der Waals surface area (Å²) in [6.07, 6.45) is 6.24. The van der Waals surface area contributed by atoms with Crippen LogP contribution in [0.25, 0.3) is 0 Å².